The summed E-state index contributed by atoms with van der Waals surface area (Å²) in [5.74, 6) is -0.292. The fourth-order valence-electron chi connectivity index (χ4n) is 2.42. The topological polar surface area (TPSA) is 41.6 Å². The van der Waals surface area contributed by atoms with Crippen molar-refractivity contribution < 1.29 is 13.9 Å². The summed E-state index contributed by atoms with van der Waals surface area (Å²) in [6, 6.07) is 8.20. The summed E-state index contributed by atoms with van der Waals surface area (Å²) in [6.07, 6.45) is -0.281. The van der Waals surface area contributed by atoms with Crippen molar-refractivity contribution in [1.82, 2.24) is 10.2 Å². The molecule has 1 saturated heterocycles. The van der Waals surface area contributed by atoms with E-state index in [1.54, 1.807) is 22.3 Å². The van der Waals surface area contributed by atoms with Crippen molar-refractivity contribution in [2.24, 2.45) is 0 Å². The van der Waals surface area contributed by atoms with E-state index >= 15 is 0 Å². The Morgan fingerprint density at radius 2 is 2.36 bits per heavy atom. The normalized spacial score (nSPS) is 18.2. The number of urea groups is 1. The highest BCUT2D eigenvalue weighted by Gasteiger charge is 2.25. The van der Waals surface area contributed by atoms with Crippen molar-refractivity contribution in [3.05, 3.63) is 58.0 Å². The van der Waals surface area contributed by atoms with Gasteiger partial charge in [-0.2, -0.15) is 11.3 Å². The van der Waals surface area contributed by atoms with Crippen molar-refractivity contribution in [3.8, 4) is 0 Å². The summed E-state index contributed by atoms with van der Waals surface area (Å²) in [4.78, 5) is 13.9. The lowest BCUT2D eigenvalue weighted by molar-refractivity contribution is -0.0156. The molecule has 1 fully saturated rings. The zero-order chi connectivity index (χ0) is 15.4. The average Bonchev–Trinajstić information content (AvgIpc) is 3.06. The first-order valence-electron chi connectivity index (χ1n) is 7.13. The van der Waals surface area contributed by atoms with Gasteiger partial charge in [0.25, 0.3) is 0 Å². The molecule has 0 spiro atoms. The molecule has 2 heterocycles. The first-order valence-corrected chi connectivity index (χ1v) is 8.07. The van der Waals surface area contributed by atoms with Gasteiger partial charge in [-0.1, -0.05) is 12.1 Å². The lowest BCUT2D eigenvalue weighted by Crippen LogP contribution is -2.46. The Bertz CT molecular complexity index is 633. The molecule has 2 aromatic rings. The minimum atomic E-state index is -0.292. The van der Waals surface area contributed by atoms with Gasteiger partial charge in [0.1, 0.15) is 11.9 Å². The number of amides is 2. The van der Waals surface area contributed by atoms with Crippen LogP contribution in [0.3, 0.4) is 0 Å². The molecule has 1 aliphatic heterocycles. The molecule has 6 heteroatoms. The molecule has 116 valence electrons. The zero-order valence-electron chi connectivity index (χ0n) is 12.0. The van der Waals surface area contributed by atoms with E-state index in [1.807, 2.05) is 22.9 Å². The van der Waals surface area contributed by atoms with E-state index in [-0.39, 0.29) is 18.0 Å². The van der Waals surface area contributed by atoms with Crippen LogP contribution in [0.1, 0.15) is 17.2 Å². The van der Waals surface area contributed by atoms with Gasteiger partial charge in [0.05, 0.1) is 13.2 Å². The molecule has 1 aliphatic rings. The molecule has 1 N–H and O–H groups in total. The van der Waals surface area contributed by atoms with Crippen LogP contribution < -0.4 is 5.32 Å². The van der Waals surface area contributed by atoms with Crippen LogP contribution in [0.4, 0.5) is 9.18 Å². The molecule has 0 radical (unpaired) electrons. The molecule has 4 nitrogen and oxygen atoms in total. The third kappa shape index (κ3) is 3.64. The Hall–Kier alpha value is -1.92. The van der Waals surface area contributed by atoms with E-state index in [4.69, 9.17) is 4.74 Å². The smallest absolute Gasteiger partial charge is 0.317 e. The van der Waals surface area contributed by atoms with E-state index in [0.29, 0.717) is 26.2 Å². The lowest BCUT2D eigenvalue weighted by atomic mass is 10.1. The number of rotatable bonds is 3. The maximum absolute atomic E-state index is 13.3. The lowest BCUT2D eigenvalue weighted by Gasteiger charge is -2.33. The van der Waals surface area contributed by atoms with Gasteiger partial charge >= 0.3 is 6.03 Å². The summed E-state index contributed by atoms with van der Waals surface area (Å²) >= 11 is 1.61. The van der Waals surface area contributed by atoms with Gasteiger partial charge < -0.3 is 15.0 Å². The highest BCUT2D eigenvalue weighted by molar-refractivity contribution is 7.07. The number of carbonyl (C=O) groups is 1. The number of ether oxygens (including phenoxy) is 1. The van der Waals surface area contributed by atoms with Crippen LogP contribution in [0.5, 0.6) is 0 Å². The second-order valence-electron chi connectivity index (χ2n) is 5.15. The molecule has 0 aliphatic carbocycles. The Morgan fingerprint density at radius 3 is 3.14 bits per heavy atom. The van der Waals surface area contributed by atoms with Gasteiger partial charge in [-0.3, -0.25) is 0 Å². The second kappa shape index (κ2) is 6.89. The van der Waals surface area contributed by atoms with Gasteiger partial charge in [-0.15, -0.1) is 0 Å². The number of thiophene rings is 1. The number of carbonyl (C=O) groups excluding carboxylic acids is 1. The van der Waals surface area contributed by atoms with Gasteiger partial charge in [0, 0.05) is 13.1 Å². The fourth-order valence-corrected chi connectivity index (χ4v) is 3.09. The number of nitrogens with zero attached hydrogens (tertiary/aromatic N) is 1. The molecule has 22 heavy (non-hydrogen) atoms. The number of benzene rings is 1. The standard InChI is InChI=1S/C16H17FN2O2S/c17-14-3-1-2-13(8-14)15-10-19(5-6-21-15)16(20)18-9-12-4-7-22-11-12/h1-4,7-8,11,15H,5-6,9-10H2,(H,18,20)/t15-/m0/s1. The van der Waals surface area contributed by atoms with E-state index in [2.05, 4.69) is 5.32 Å². The van der Waals surface area contributed by atoms with Crippen LogP contribution in [-0.4, -0.2) is 30.6 Å². The van der Waals surface area contributed by atoms with Crippen molar-refractivity contribution >= 4 is 17.4 Å². The Morgan fingerprint density at radius 1 is 1.45 bits per heavy atom. The molecule has 1 atom stereocenters. The molecular formula is C16H17FN2O2S. The highest BCUT2D eigenvalue weighted by atomic mass is 32.1. The first-order chi connectivity index (χ1) is 10.7. The summed E-state index contributed by atoms with van der Waals surface area (Å²) in [5.41, 5.74) is 1.85. The van der Waals surface area contributed by atoms with Crippen molar-refractivity contribution in [3.63, 3.8) is 0 Å². The van der Waals surface area contributed by atoms with Gasteiger partial charge in [-0.25, -0.2) is 9.18 Å². The molecule has 0 unspecified atom stereocenters. The van der Waals surface area contributed by atoms with Gasteiger partial charge in [0.15, 0.2) is 0 Å². The van der Waals surface area contributed by atoms with Gasteiger partial charge in [-0.05, 0) is 40.1 Å². The van der Waals surface area contributed by atoms with Crippen molar-refractivity contribution in [2.45, 2.75) is 12.6 Å². The van der Waals surface area contributed by atoms with Crippen molar-refractivity contribution in [2.75, 3.05) is 19.7 Å². The highest BCUT2D eigenvalue weighted by Crippen LogP contribution is 2.22. The Labute approximate surface area is 132 Å². The van der Waals surface area contributed by atoms with Crippen molar-refractivity contribution in [1.29, 1.82) is 0 Å². The Balaban J connectivity index is 1.59. The third-order valence-electron chi connectivity index (χ3n) is 3.60. The van der Waals surface area contributed by atoms with Crippen LogP contribution >= 0.6 is 11.3 Å². The zero-order valence-corrected chi connectivity index (χ0v) is 12.8. The fraction of sp³-hybridized carbons (Fsp3) is 0.312. The van der Waals surface area contributed by atoms with E-state index in [0.717, 1.165) is 11.1 Å². The monoisotopic (exact) mass is 320 g/mol. The molecule has 3 rings (SSSR count). The van der Waals surface area contributed by atoms with Crippen LogP contribution in [-0.2, 0) is 11.3 Å². The number of hydrogen-bond donors (Lipinski definition) is 1. The predicted molar refractivity (Wildman–Crippen MR) is 83.2 cm³/mol. The molecule has 1 aromatic carbocycles. The minimum absolute atomic E-state index is 0.115. The van der Waals surface area contributed by atoms with Crippen LogP contribution in [0.25, 0.3) is 0 Å². The SMILES string of the molecule is O=C(NCc1ccsc1)N1CCO[C@H](c2cccc(F)c2)C1. The Kier molecular flexibility index (Phi) is 4.70. The first kappa shape index (κ1) is 15.0. The largest absolute Gasteiger partial charge is 0.370 e. The molecule has 2 amide bonds. The minimum Gasteiger partial charge on any atom is -0.370 e. The average molecular weight is 320 g/mol. The number of morpholine rings is 1. The third-order valence-corrected chi connectivity index (χ3v) is 4.33. The van der Waals surface area contributed by atoms with E-state index in [9.17, 15) is 9.18 Å². The summed E-state index contributed by atoms with van der Waals surface area (Å²) < 4.78 is 19.0. The summed E-state index contributed by atoms with van der Waals surface area (Å²) in [5, 5.41) is 6.89. The number of nitrogens with one attached hydrogen (secondary N) is 1. The van der Waals surface area contributed by atoms with E-state index < -0.39 is 0 Å². The maximum Gasteiger partial charge on any atom is 0.317 e. The number of halogens is 1. The van der Waals surface area contributed by atoms with Crippen LogP contribution in [0.15, 0.2) is 41.1 Å². The number of hydrogen-bond acceptors (Lipinski definition) is 3. The van der Waals surface area contributed by atoms with Gasteiger partial charge in [0.2, 0.25) is 0 Å². The summed E-state index contributed by atoms with van der Waals surface area (Å²) in [6.45, 7) is 1.94. The van der Waals surface area contributed by atoms with Crippen LogP contribution in [0.2, 0.25) is 0 Å². The quantitative estimate of drug-likeness (QED) is 0.944. The predicted octanol–water partition coefficient (Wildman–Crippen LogP) is 3.17. The van der Waals surface area contributed by atoms with Crippen LogP contribution in [0, 0.1) is 5.82 Å². The molecule has 1 aromatic heterocycles. The molecule has 0 bridgehead atoms. The maximum atomic E-state index is 13.3. The molecular weight excluding hydrogens is 303 g/mol. The summed E-state index contributed by atoms with van der Waals surface area (Å²) in [7, 11) is 0. The molecule has 0 saturated carbocycles. The van der Waals surface area contributed by atoms with E-state index in [1.165, 1.54) is 12.1 Å². The second-order valence-corrected chi connectivity index (χ2v) is 5.93.